The second-order valence-electron chi connectivity index (χ2n) is 4.11. The zero-order valence-electron chi connectivity index (χ0n) is 9.39. The summed E-state index contributed by atoms with van der Waals surface area (Å²) < 4.78 is 6.11. The number of ether oxygens (including phenoxy) is 1. The molecular weight excluding hydrogens is 162 g/mol. The van der Waals surface area contributed by atoms with Gasteiger partial charge in [-0.15, -0.1) is 0 Å². The molecule has 13 heavy (non-hydrogen) atoms. The van der Waals surface area contributed by atoms with Crippen LogP contribution in [-0.2, 0) is 4.74 Å². The van der Waals surface area contributed by atoms with E-state index in [1.54, 1.807) is 0 Å². The van der Waals surface area contributed by atoms with Gasteiger partial charge in [-0.3, -0.25) is 0 Å². The Balaban J connectivity index is 2.57. The number of nitrogens with one attached hydrogen (secondary N) is 1. The van der Waals surface area contributed by atoms with Crippen LogP contribution in [0, 0.1) is 0 Å². The first-order valence-corrected chi connectivity index (χ1v) is 5.58. The molecule has 0 spiro atoms. The van der Waals surface area contributed by atoms with Crippen LogP contribution in [0.4, 0.5) is 0 Å². The van der Waals surface area contributed by atoms with Crippen molar-refractivity contribution in [1.29, 1.82) is 0 Å². The maximum atomic E-state index is 6.11. The SMILES string of the molecule is CCC1NCC(CC)(CC)OC1C. The fourth-order valence-corrected chi connectivity index (χ4v) is 2.14. The summed E-state index contributed by atoms with van der Waals surface area (Å²) in [5.74, 6) is 0. The second kappa shape index (κ2) is 4.43. The number of morpholine rings is 1. The molecule has 2 heteroatoms. The first-order chi connectivity index (χ1) is 6.17. The zero-order valence-corrected chi connectivity index (χ0v) is 9.39. The van der Waals surface area contributed by atoms with Crippen LogP contribution in [0.5, 0.6) is 0 Å². The predicted octanol–water partition coefficient (Wildman–Crippen LogP) is 2.33. The van der Waals surface area contributed by atoms with Gasteiger partial charge < -0.3 is 10.1 Å². The van der Waals surface area contributed by atoms with Gasteiger partial charge in [0.15, 0.2) is 0 Å². The van der Waals surface area contributed by atoms with Crippen molar-refractivity contribution in [2.75, 3.05) is 6.54 Å². The molecule has 0 radical (unpaired) electrons. The third-order valence-corrected chi connectivity index (χ3v) is 3.42. The van der Waals surface area contributed by atoms with Gasteiger partial charge >= 0.3 is 0 Å². The average Bonchev–Trinajstić information content (AvgIpc) is 2.17. The van der Waals surface area contributed by atoms with Crippen LogP contribution in [0.15, 0.2) is 0 Å². The highest BCUT2D eigenvalue weighted by Crippen LogP contribution is 2.27. The number of rotatable bonds is 3. The lowest BCUT2D eigenvalue weighted by atomic mass is 9.92. The lowest BCUT2D eigenvalue weighted by Crippen LogP contribution is -2.57. The molecule has 0 bridgehead atoms. The molecule has 0 saturated carbocycles. The second-order valence-corrected chi connectivity index (χ2v) is 4.11. The van der Waals surface area contributed by atoms with Crippen molar-refractivity contribution in [3.05, 3.63) is 0 Å². The Morgan fingerprint density at radius 3 is 2.31 bits per heavy atom. The van der Waals surface area contributed by atoms with Crippen LogP contribution >= 0.6 is 0 Å². The van der Waals surface area contributed by atoms with E-state index in [0.29, 0.717) is 12.1 Å². The quantitative estimate of drug-likeness (QED) is 0.728. The molecule has 1 fully saturated rings. The molecule has 1 heterocycles. The van der Waals surface area contributed by atoms with Crippen molar-refractivity contribution < 1.29 is 4.74 Å². The minimum absolute atomic E-state index is 0.102. The summed E-state index contributed by atoms with van der Waals surface area (Å²) in [7, 11) is 0. The van der Waals surface area contributed by atoms with E-state index in [0.717, 1.165) is 25.8 Å². The van der Waals surface area contributed by atoms with Gasteiger partial charge in [0.25, 0.3) is 0 Å². The Hall–Kier alpha value is -0.0800. The van der Waals surface area contributed by atoms with Gasteiger partial charge in [-0.25, -0.2) is 0 Å². The molecule has 1 saturated heterocycles. The molecule has 78 valence electrons. The smallest absolute Gasteiger partial charge is 0.0805 e. The Kier molecular flexibility index (Phi) is 3.74. The molecule has 1 N–H and O–H groups in total. The third-order valence-electron chi connectivity index (χ3n) is 3.42. The fourth-order valence-electron chi connectivity index (χ4n) is 2.14. The van der Waals surface area contributed by atoms with Gasteiger partial charge in [-0.1, -0.05) is 20.8 Å². The standard InChI is InChI=1S/C11H23NO/c1-5-10-9(4)13-11(6-2,7-3)8-12-10/h9-10,12H,5-8H2,1-4H3. The third kappa shape index (κ3) is 2.23. The highest BCUT2D eigenvalue weighted by atomic mass is 16.5. The van der Waals surface area contributed by atoms with Crippen LogP contribution < -0.4 is 5.32 Å². The summed E-state index contributed by atoms with van der Waals surface area (Å²) in [6, 6.07) is 0.547. The van der Waals surface area contributed by atoms with E-state index >= 15 is 0 Å². The summed E-state index contributed by atoms with van der Waals surface area (Å²) in [5.41, 5.74) is 0.102. The Morgan fingerprint density at radius 1 is 1.31 bits per heavy atom. The number of hydrogen-bond acceptors (Lipinski definition) is 2. The van der Waals surface area contributed by atoms with Gasteiger partial charge in [0.05, 0.1) is 11.7 Å². The minimum atomic E-state index is 0.102. The van der Waals surface area contributed by atoms with Crippen molar-refractivity contribution in [2.45, 2.75) is 64.7 Å². The van der Waals surface area contributed by atoms with E-state index in [9.17, 15) is 0 Å². The summed E-state index contributed by atoms with van der Waals surface area (Å²) in [6.45, 7) is 9.83. The molecule has 0 aromatic heterocycles. The predicted molar refractivity (Wildman–Crippen MR) is 55.9 cm³/mol. The van der Waals surface area contributed by atoms with E-state index in [1.165, 1.54) is 0 Å². The van der Waals surface area contributed by atoms with Gasteiger partial charge in [0.1, 0.15) is 0 Å². The Bertz CT molecular complexity index is 154. The molecule has 2 nitrogen and oxygen atoms in total. The zero-order chi connectivity index (χ0) is 9.90. The molecule has 0 amide bonds. The normalized spacial score (nSPS) is 33.2. The lowest BCUT2D eigenvalue weighted by Gasteiger charge is -2.43. The van der Waals surface area contributed by atoms with Crippen molar-refractivity contribution in [1.82, 2.24) is 5.32 Å². The van der Waals surface area contributed by atoms with Gasteiger partial charge in [0, 0.05) is 12.6 Å². The molecule has 1 aliphatic rings. The first-order valence-electron chi connectivity index (χ1n) is 5.58. The maximum absolute atomic E-state index is 6.11. The molecule has 2 unspecified atom stereocenters. The summed E-state index contributed by atoms with van der Waals surface area (Å²) in [6.07, 6.45) is 3.73. The Labute approximate surface area is 82.0 Å². The lowest BCUT2D eigenvalue weighted by molar-refractivity contribution is -0.132. The maximum Gasteiger partial charge on any atom is 0.0805 e. The van der Waals surface area contributed by atoms with E-state index in [2.05, 4.69) is 33.0 Å². The minimum Gasteiger partial charge on any atom is -0.369 e. The molecule has 1 aliphatic heterocycles. The van der Waals surface area contributed by atoms with E-state index < -0.39 is 0 Å². The number of hydrogen-bond donors (Lipinski definition) is 1. The van der Waals surface area contributed by atoms with Gasteiger partial charge in [0.2, 0.25) is 0 Å². The van der Waals surface area contributed by atoms with Crippen LogP contribution in [0.3, 0.4) is 0 Å². The molecule has 1 rings (SSSR count). The van der Waals surface area contributed by atoms with Crippen molar-refractivity contribution >= 4 is 0 Å². The van der Waals surface area contributed by atoms with E-state index in [1.807, 2.05) is 0 Å². The fraction of sp³-hybridized carbons (Fsp3) is 1.00. The Morgan fingerprint density at radius 2 is 1.92 bits per heavy atom. The van der Waals surface area contributed by atoms with Crippen LogP contribution in [0.2, 0.25) is 0 Å². The monoisotopic (exact) mass is 185 g/mol. The molecule has 2 atom stereocenters. The highest BCUT2D eigenvalue weighted by molar-refractivity contribution is 4.90. The summed E-state index contributed by atoms with van der Waals surface area (Å²) >= 11 is 0. The summed E-state index contributed by atoms with van der Waals surface area (Å²) in [5, 5.41) is 3.59. The average molecular weight is 185 g/mol. The van der Waals surface area contributed by atoms with Gasteiger partial charge in [-0.05, 0) is 26.2 Å². The van der Waals surface area contributed by atoms with Gasteiger partial charge in [-0.2, -0.15) is 0 Å². The molecular formula is C11H23NO. The van der Waals surface area contributed by atoms with Crippen molar-refractivity contribution in [3.63, 3.8) is 0 Å². The largest absolute Gasteiger partial charge is 0.369 e. The van der Waals surface area contributed by atoms with Crippen LogP contribution in [0.25, 0.3) is 0 Å². The summed E-state index contributed by atoms with van der Waals surface area (Å²) in [4.78, 5) is 0. The highest BCUT2D eigenvalue weighted by Gasteiger charge is 2.36. The first kappa shape index (κ1) is 11.0. The van der Waals surface area contributed by atoms with Crippen LogP contribution in [-0.4, -0.2) is 24.3 Å². The topological polar surface area (TPSA) is 21.3 Å². The molecule has 0 aliphatic carbocycles. The van der Waals surface area contributed by atoms with Crippen LogP contribution in [0.1, 0.15) is 47.0 Å². The van der Waals surface area contributed by atoms with Crippen molar-refractivity contribution in [2.24, 2.45) is 0 Å². The van der Waals surface area contributed by atoms with Crippen molar-refractivity contribution in [3.8, 4) is 0 Å². The molecule has 0 aromatic carbocycles. The molecule has 0 aromatic rings. The van der Waals surface area contributed by atoms with E-state index in [4.69, 9.17) is 4.74 Å². The van der Waals surface area contributed by atoms with E-state index in [-0.39, 0.29) is 5.60 Å².